The van der Waals surface area contributed by atoms with Crippen molar-refractivity contribution in [3.63, 3.8) is 0 Å². The van der Waals surface area contributed by atoms with E-state index in [0.717, 1.165) is 10.8 Å². The van der Waals surface area contributed by atoms with Crippen molar-refractivity contribution in [1.82, 2.24) is 0 Å². The highest BCUT2D eigenvalue weighted by Crippen LogP contribution is 2.34. The second kappa shape index (κ2) is 5.00. The van der Waals surface area contributed by atoms with Crippen LogP contribution in [0, 0.1) is 0 Å². The molecule has 0 bridgehead atoms. The van der Waals surface area contributed by atoms with Crippen LogP contribution in [0.5, 0.6) is 11.5 Å². The van der Waals surface area contributed by atoms with E-state index in [4.69, 9.17) is 13.9 Å². The van der Waals surface area contributed by atoms with Crippen LogP contribution < -0.4 is 9.47 Å². The normalized spacial score (nSPS) is 10.4. The summed E-state index contributed by atoms with van der Waals surface area (Å²) in [5.74, 6) is 1.42. The number of fused-ring (bicyclic) bond motifs is 1. The van der Waals surface area contributed by atoms with Gasteiger partial charge in [0.2, 0.25) is 0 Å². The maximum Gasteiger partial charge on any atom is 0.313 e. The zero-order chi connectivity index (χ0) is 13.1. The first-order valence-corrected chi connectivity index (χ1v) is 5.38. The van der Waals surface area contributed by atoms with E-state index in [9.17, 15) is 4.79 Å². The van der Waals surface area contributed by atoms with Crippen molar-refractivity contribution in [3.05, 3.63) is 24.2 Å². The standard InChI is InChI=1S/C13H14O5/c1-15-11-4-8-7-18-10(6-13(14)17-3)9(8)5-12(11)16-2/h4-5,7H,6H2,1-3H3. The van der Waals surface area contributed by atoms with Gasteiger partial charge in [0.05, 0.1) is 27.6 Å². The molecule has 0 N–H and O–H groups in total. The summed E-state index contributed by atoms with van der Waals surface area (Å²) in [6.07, 6.45) is 1.67. The molecule has 18 heavy (non-hydrogen) atoms. The highest BCUT2D eigenvalue weighted by molar-refractivity contribution is 5.90. The lowest BCUT2D eigenvalue weighted by molar-refractivity contribution is -0.140. The predicted molar refractivity (Wildman–Crippen MR) is 65.0 cm³/mol. The summed E-state index contributed by atoms with van der Waals surface area (Å²) in [5, 5.41) is 1.67. The van der Waals surface area contributed by atoms with E-state index in [-0.39, 0.29) is 12.4 Å². The molecule has 0 saturated heterocycles. The maximum absolute atomic E-state index is 11.3. The number of methoxy groups -OCH3 is 3. The second-order valence-electron chi connectivity index (χ2n) is 3.71. The van der Waals surface area contributed by atoms with Gasteiger partial charge in [0.15, 0.2) is 11.5 Å². The van der Waals surface area contributed by atoms with Gasteiger partial charge in [-0.25, -0.2) is 0 Å². The third-order valence-corrected chi connectivity index (χ3v) is 2.72. The van der Waals surface area contributed by atoms with Crippen molar-refractivity contribution in [1.29, 1.82) is 0 Å². The number of furan rings is 1. The van der Waals surface area contributed by atoms with Gasteiger partial charge in [-0.05, 0) is 12.1 Å². The Hall–Kier alpha value is -2.17. The number of carbonyl (C=O) groups excluding carboxylic acids is 1. The van der Waals surface area contributed by atoms with Crippen LogP contribution in [0.25, 0.3) is 10.8 Å². The lowest BCUT2D eigenvalue weighted by Gasteiger charge is -2.07. The van der Waals surface area contributed by atoms with Crippen LogP contribution >= 0.6 is 0 Å². The summed E-state index contributed by atoms with van der Waals surface area (Å²) in [4.78, 5) is 11.3. The summed E-state index contributed by atoms with van der Waals surface area (Å²) in [5.41, 5.74) is 0. The molecule has 2 rings (SSSR count). The van der Waals surface area contributed by atoms with Gasteiger partial charge < -0.3 is 18.6 Å². The first kappa shape index (κ1) is 12.3. The number of esters is 1. The number of hydrogen-bond donors (Lipinski definition) is 0. The van der Waals surface area contributed by atoms with Crippen LogP contribution in [-0.2, 0) is 16.0 Å². The Morgan fingerprint density at radius 1 is 1.17 bits per heavy atom. The molecule has 0 saturated carbocycles. The Morgan fingerprint density at radius 3 is 2.44 bits per heavy atom. The molecular weight excluding hydrogens is 236 g/mol. The van der Waals surface area contributed by atoms with E-state index >= 15 is 0 Å². The van der Waals surface area contributed by atoms with Crippen LogP contribution in [0.2, 0.25) is 0 Å². The fourth-order valence-electron chi connectivity index (χ4n) is 1.77. The molecule has 0 amide bonds. The van der Waals surface area contributed by atoms with Gasteiger partial charge in [-0.2, -0.15) is 0 Å². The Balaban J connectivity index is 2.48. The minimum absolute atomic E-state index is 0.0927. The summed E-state index contributed by atoms with van der Waals surface area (Å²) >= 11 is 0. The molecule has 0 unspecified atom stereocenters. The number of hydrogen-bond acceptors (Lipinski definition) is 5. The molecule has 0 aliphatic rings. The number of ether oxygens (including phenoxy) is 3. The molecule has 1 aromatic heterocycles. The molecule has 1 heterocycles. The fourth-order valence-corrected chi connectivity index (χ4v) is 1.77. The first-order chi connectivity index (χ1) is 8.69. The number of rotatable bonds is 4. The highest BCUT2D eigenvalue weighted by Gasteiger charge is 2.14. The second-order valence-corrected chi connectivity index (χ2v) is 3.71. The van der Waals surface area contributed by atoms with Gasteiger partial charge in [-0.1, -0.05) is 0 Å². The molecule has 1 aromatic carbocycles. The van der Waals surface area contributed by atoms with Gasteiger partial charge in [0, 0.05) is 10.8 Å². The SMILES string of the molecule is COC(=O)Cc1occ2cc(OC)c(OC)cc12. The van der Waals surface area contributed by atoms with Crippen LogP contribution in [0.15, 0.2) is 22.8 Å². The quantitative estimate of drug-likeness (QED) is 0.778. The minimum atomic E-state index is -0.346. The van der Waals surface area contributed by atoms with Crippen molar-refractivity contribution in [2.24, 2.45) is 0 Å². The van der Waals surface area contributed by atoms with E-state index in [2.05, 4.69) is 4.74 Å². The van der Waals surface area contributed by atoms with Crippen LogP contribution in [0.4, 0.5) is 0 Å². The smallest absolute Gasteiger partial charge is 0.313 e. The van der Waals surface area contributed by atoms with Crippen LogP contribution in [-0.4, -0.2) is 27.3 Å². The van der Waals surface area contributed by atoms with Gasteiger partial charge >= 0.3 is 5.97 Å². The van der Waals surface area contributed by atoms with E-state index in [0.29, 0.717) is 17.3 Å². The summed E-state index contributed by atoms with van der Waals surface area (Å²) in [6, 6.07) is 3.59. The average Bonchev–Trinajstić information content (AvgIpc) is 2.79. The summed E-state index contributed by atoms with van der Waals surface area (Å²) in [7, 11) is 4.47. The van der Waals surface area contributed by atoms with E-state index in [1.54, 1.807) is 32.6 Å². The lowest BCUT2D eigenvalue weighted by Crippen LogP contribution is -2.03. The summed E-state index contributed by atoms with van der Waals surface area (Å²) in [6.45, 7) is 0. The van der Waals surface area contributed by atoms with Gasteiger partial charge in [-0.15, -0.1) is 0 Å². The van der Waals surface area contributed by atoms with E-state index < -0.39 is 0 Å². The lowest BCUT2D eigenvalue weighted by atomic mass is 10.1. The fraction of sp³-hybridized carbons (Fsp3) is 0.308. The van der Waals surface area contributed by atoms with Gasteiger partial charge in [0.1, 0.15) is 12.2 Å². The molecule has 0 aliphatic carbocycles. The van der Waals surface area contributed by atoms with Gasteiger partial charge in [0.25, 0.3) is 0 Å². The van der Waals surface area contributed by atoms with Crippen molar-refractivity contribution >= 4 is 16.7 Å². The third-order valence-electron chi connectivity index (χ3n) is 2.72. The molecule has 5 nitrogen and oxygen atoms in total. The number of benzene rings is 1. The zero-order valence-corrected chi connectivity index (χ0v) is 10.5. The Kier molecular flexibility index (Phi) is 3.41. The van der Waals surface area contributed by atoms with Crippen LogP contribution in [0.3, 0.4) is 0 Å². The van der Waals surface area contributed by atoms with E-state index in [1.165, 1.54) is 7.11 Å². The molecule has 96 valence electrons. The van der Waals surface area contributed by atoms with Crippen LogP contribution in [0.1, 0.15) is 5.76 Å². The largest absolute Gasteiger partial charge is 0.493 e. The third kappa shape index (κ3) is 2.11. The van der Waals surface area contributed by atoms with Crippen molar-refractivity contribution < 1.29 is 23.4 Å². The molecule has 0 fully saturated rings. The molecule has 0 spiro atoms. The topological polar surface area (TPSA) is 57.9 Å². The molecule has 2 aromatic rings. The van der Waals surface area contributed by atoms with Crippen molar-refractivity contribution in [2.45, 2.75) is 6.42 Å². The highest BCUT2D eigenvalue weighted by atomic mass is 16.5. The average molecular weight is 250 g/mol. The van der Waals surface area contributed by atoms with E-state index in [1.807, 2.05) is 0 Å². The molecule has 0 radical (unpaired) electrons. The molecular formula is C13H14O5. The van der Waals surface area contributed by atoms with Crippen molar-refractivity contribution in [3.8, 4) is 11.5 Å². The Bertz CT molecular complexity index is 570. The van der Waals surface area contributed by atoms with Gasteiger partial charge in [-0.3, -0.25) is 4.79 Å². The monoisotopic (exact) mass is 250 g/mol. The number of carbonyl (C=O) groups is 1. The Labute approximate surface area is 104 Å². The molecule has 0 atom stereocenters. The maximum atomic E-state index is 11.3. The Morgan fingerprint density at radius 2 is 1.83 bits per heavy atom. The minimum Gasteiger partial charge on any atom is -0.493 e. The predicted octanol–water partition coefficient (Wildman–Crippen LogP) is 2.17. The molecule has 0 aliphatic heterocycles. The zero-order valence-electron chi connectivity index (χ0n) is 10.5. The molecule has 5 heteroatoms. The first-order valence-electron chi connectivity index (χ1n) is 5.38. The van der Waals surface area contributed by atoms with Crippen molar-refractivity contribution in [2.75, 3.05) is 21.3 Å². The summed E-state index contributed by atoms with van der Waals surface area (Å²) < 4.78 is 20.4.